The lowest BCUT2D eigenvalue weighted by Gasteiger charge is -2.33. The summed E-state index contributed by atoms with van der Waals surface area (Å²) in [7, 11) is 3.18. The largest absolute Gasteiger partial charge is 0.493 e. The number of methoxy groups -OCH3 is 2. The predicted molar refractivity (Wildman–Crippen MR) is 246 cm³/mol. The van der Waals surface area contributed by atoms with Crippen molar-refractivity contribution in [1.29, 1.82) is 0 Å². The van der Waals surface area contributed by atoms with Crippen LogP contribution in [0.1, 0.15) is 153 Å². The number of rotatable bonds is 20. The third-order valence-corrected chi connectivity index (χ3v) is 13.5. The van der Waals surface area contributed by atoms with Crippen molar-refractivity contribution in [1.82, 2.24) is 25.1 Å². The first-order valence-corrected chi connectivity index (χ1v) is 23.5. The van der Waals surface area contributed by atoms with Crippen LogP contribution in [0.4, 0.5) is 29.1 Å². The average Bonchev–Trinajstić information content (AvgIpc) is 3.60. The number of nitrogens with two attached hydrogens (primary N) is 1. The van der Waals surface area contributed by atoms with Gasteiger partial charge >= 0.3 is 6.18 Å². The van der Waals surface area contributed by atoms with Gasteiger partial charge in [-0.2, -0.15) is 13.2 Å². The Morgan fingerprint density at radius 3 is 2.21 bits per heavy atom. The van der Waals surface area contributed by atoms with E-state index in [-0.39, 0.29) is 42.8 Å². The number of aromatic nitrogens is 2. The van der Waals surface area contributed by atoms with Crippen LogP contribution in [0.3, 0.4) is 0 Å². The van der Waals surface area contributed by atoms with Crippen molar-refractivity contribution >= 4 is 40.1 Å². The number of amides is 3. The molecule has 2 saturated heterocycles. The summed E-state index contributed by atoms with van der Waals surface area (Å²) >= 11 is 0. The highest BCUT2D eigenvalue weighted by Crippen LogP contribution is 2.42. The minimum atomic E-state index is -4.52. The van der Waals surface area contributed by atoms with Crippen LogP contribution < -0.4 is 25.8 Å². The number of nitrogens with one attached hydrogen (secondary N) is 2. The maximum atomic E-state index is 14.8. The molecule has 4 aromatic rings. The van der Waals surface area contributed by atoms with Gasteiger partial charge in [0.05, 0.1) is 31.3 Å². The molecule has 3 aliphatic rings. The summed E-state index contributed by atoms with van der Waals surface area (Å²) in [5, 5.41) is 6.34. The Bertz CT molecular complexity index is 2400. The zero-order valence-electron chi connectivity index (χ0n) is 38.6. The van der Waals surface area contributed by atoms with E-state index in [0.29, 0.717) is 46.1 Å². The number of fused-ring (bicyclic) bond motifs is 2. The number of ether oxygens (including phenoxy) is 2. The number of benzene rings is 3. The van der Waals surface area contributed by atoms with Gasteiger partial charge in [-0.05, 0) is 131 Å². The monoisotopic (exact) mass is 917 g/mol. The van der Waals surface area contributed by atoms with Crippen molar-refractivity contribution in [2.45, 2.75) is 141 Å². The molecule has 0 saturated carbocycles. The third kappa shape index (κ3) is 11.4. The molecule has 0 aliphatic carbocycles. The van der Waals surface area contributed by atoms with Crippen LogP contribution in [-0.4, -0.2) is 77.4 Å². The predicted octanol–water partition coefficient (Wildman–Crippen LogP) is 9.95. The number of unbranched alkanes of at least 4 members (excludes halogenated alkanes) is 9. The Morgan fingerprint density at radius 2 is 1.56 bits per heavy atom. The van der Waals surface area contributed by atoms with E-state index in [0.717, 1.165) is 98.9 Å². The number of carbonyl (C=O) groups excluding carboxylic acids is 3. The minimum absolute atomic E-state index is 0.0309. The maximum Gasteiger partial charge on any atom is 0.416 e. The lowest BCUT2D eigenvalue weighted by molar-refractivity contribution is -0.138. The van der Waals surface area contributed by atoms with Crippen LogP contribution in [0.25, 0.3) is 10.9 Å². The zero-order chi connectivity index (χ0) is 47.1. The minimum Gasteiger partial charge on any atom is -0.493 e. The van der Waals surface area contributed by atoms with Crippen LogP contribution in [0, 0.1) is 12.7 Å². The number of aryl methyl sites for hydroxylation is 2. The van der Waals surface area contributed by atoms with Gasteiger partial charge in [-0.3, -0.25) is 19.7 Å². The van der Waals surface area contributed by atoms with Gasteiger partial charge in [0.15, 0.2) is 11.5 Å². The smallest absolute Gasteiger partial charge is 0.416 e. The second kappa shape index (κ2) is 21.4. The van der Waals surface area contributed by atoms with E-state index in [1.165, 1.54) is 49.1 Å². The lowest BCUT2D eigenvalue weighted by atomic mass is 9.85. The van der Waals surface area contributed by atoms with Crippen LogP contribution in [0.15, 0.2) is 36.4 Å². The van der Waals surface area contributed by atoms with Gasteiger partial charge in [0.25, 0.3) is 5.91 Å². The van der Waals surface area contributed by atoms with E-state index in [9.17, 15) is 31.9 Å². The van der Waals surface area contributed by atoms with Gasteiger partial charge in [0.2, 0.25) is 11.8 Å². The molecule has 1 aromatic heterocycles. The molecule has 356 valence electrons. The molecule has 4 N–H and O–H groups in total. The summed E-state index contributed by atoms with van der Waals surface area (Å²) in [6.07, 6.45) is 9.83. The van der Waals surface area contributed by atoms with E-state index in [1.54, 1.807) is 34.1 Å². The Hall–Kier alpha value is -5.51. The van der Waals surface area contributed by atoms with E-state index in [2.05, 4.69) is 20.5 Å². The molecule has 16 heteroatoms. The van der Waals surface area contributed by atoms with E-state index >= 15 is 0 Å². The Kier molecular flexibility index (Phi) is 15.7. The number of piperidine rings is 2. The number of nitrogens with zero attached hydrogens (tertiary/aromatic N) is 4. The topological polar surface area (TPSA) is 152 Å². The molecule has 1 unspecified atom stereocenters. The molecule has 4 heterocycles. The zero-order valence-corrected chi connectivity index (χ0v) is 38.6. The molecule has 0 radical (unpaired) electrons. The molecule has 66 heavy (non-hydrogen) atoms. The second-order valence-corrected chi connectivity index (χ2v) is 18.2. The fourth-order valence-corrected chi connectivity index (χ4v) is 10.0. The van der Waals surface area contributed by atoms with Crippen LogP contribution in [0.2, 0.25) is 0 Å². The Morgan fingerprint density at radius 1 is 0.879 bits per heavy atom. The molecular formula is C50H63F4N7O5. The van der Waals surface area contributed by atoms with Crippen LogP contribution in [-0.2, 0) is 28.7 Å². The molecule has 3 amide bonds. The summed E-state index contributed by atoms with van der Waals surface area (Å²) in [6.45, 7) is 6.72. The van der Waals surface area contributed by atoms with Crippen molar-refractivity contribution in [2.75, 3.05) is 44.9 Å². The van der Waals surface area contributed by atoms with Crippen molar-refractivity contribution in [3.63, 3.8) is 0 Å². The maximum absolute atomic E-state index is 14.8. The first-order chi connectivity index (χ1) is 31.6. The number of alkyl halides is 3. The average molecular weight is 918 g/mol. The molecular weight excluding hydrogens is 855 g/mol. The summed E-state index contributed by atoms with van der Waals surface area (Å²) in [5.74, 6) is 0.738. The highest BCUT2D eigenvalue weighted by atomic mass is 19.4. The van der Waals surface area contributed by atoms with Crippen molar-refractivity contribution in [2.24, 2.45) is 0 Å². The van der Waals surface area contributed by atoms with Gasteiger partial charge in [-0.15, -0.1) is 0 Å². The fourth-order valence-electron chi connectivity index (χ4n) is 10.0. The van der Waals surface area contributed by atoms with Gasteiger partial charge in [0, 0.05) is 35.2 Å². The van der Waals surface area contributed by atoms with E-state index in [4.69, 9.17) is 20.2 Å². The summed E-state index contributed by atoms with van der Waals surface area (Å²) in [6, 6.07) is 6.98. The fraction of sp³-hybridized carbons (Fsp3) is 0.540. The van der Waals surface area contributed by atoms with E-state index in [1.807, 2.05) is 6.07 Å². The molecule has 3 aromatic carbocycles. The normalized spacial score (nSPS) is 17.6. The first-order valence-electron chi connectivity index (χ1n) is 23.5. The Balaban J connectivity index is 0.813. The Labute approximate surface area is 384 Å². The molecule has 12 nitrogen and oxygen atoms in total. The number of imide groups is 1. The summed E-state index contributed by atoms with van der Waals surface area (Å²) in [5.41, 5.74) is 9.15. The standard InChI is InChI=1S/C50H63F4N7O5/c1-30(33-23-34(50(52,53)54)25-36(55)24-33)56-47-40-28-43(65-3)46(66-4)37(45(40)57-31(2)58-47)15-13-11-9-7-5-6-8-10-12-14-20-60-21-18-32(19-22-60)38-26-35(51)27-39-41(38)29-61(49(39)64)42-16-17-44(62)59-48(42)63/h23-28,30,32,42H,5-22,29,55H2,1-4H3,(H,56,57,58)(H,59,62,63)/t30-,42?/m1/s1. The molecule has 0 spiro atoms. The SMILES string of the molecule is COc1cc2c(N[C@H](C)c3cc(N)cc(C(F)(F)F)c3)nc(C)nc2c(CCCCCCCCCCCCN2CCC(c3cc(F)cc4c3CN(C3CCC(=O)NC3=O)C4=O)CC2)c1OC. The number of carbonyl (C=O) groups is 3. The summed E-state index contributed by atoms with van der Waals surface area (Å²) < 4.78 is 67.2. The van der Waals surface area contributed by atoms with Crippen molar-refractivity contribution < 1.29 is 41.4 Å². The molecule has 0 bridgehead atoms. The quantitative estimate of drug-likeness (QED) is 0.0338. The first kappa shape index (κ1) is 48.4. The number of likely N-dealkylation sites (tertiary alicyclic amines) is 1. The van der Waals surface area contributed by atoms with Crippen molar-refractivity contribution in [3.8, 4) is 11.5 Å². The van der Waals surface area contributed by atoms with Gasteiger partial charge < -0.3 is 30.3 Å². The highest BCUT2D eigenvalue weighted by Gasteiger charge is 2.41. The number of hydrogen-bond acceptors (Lipinski definition) is 10. The van der Waals surface area contributed by atoms with E-state index < -0.39 is 35.5 Å². The third-order valence-electron chi connectivity index (χ3n) is 13.5. The summed E-state index contributed by atoms with van der Waals surface area (Å²) in [4.78, 5) is 51.0. The molecule has 2 atom stereocenters. The van der Waals surface area contributed by atoms with Crippen LogP contribution >= 0.6 is 0 Å². The number of halogens is 4. The van der Waals surface area contributed by atoms with Crippen molar-refractivity contribution in [3.05, 3.63) is 81.4 Å². The molecule has 7 rings (SSSR count). The number of nitrogen functional groups attached to an aromatic ring is 1. The second-order valence-electron chi connectivity index (χ2n) is 18.2. The van der Waals surface area contributed by atoms with Gasteiger partial charge in [-0.1, -0.05) is 51.4 Å². The number of anilines is 2. The number of hydrogen-bond donors (Lipinski definition) is 3. The van der Waals surface area contributed by atoms with Crippen LogP contribution in [0.5, 0.6) is 11.5 Å². The molecule has 3 aliphatic heterocycles. The van der Waals surface area contributed by atoms with Gasteiger partial charge in [0.1, 0.15) is 23.5 Å². The highest BCUT2D eigenvalue weighted by molar-refractivity contribution is 6.05. The lowest BCUT2D eigenvalue weighted by Crippen LogP contribution is -2.52. The van der Waals surface area contributed by atoms with Gasteiger partial charge in [-0.25, -0.2) is 14.4 Å². The molecule has 2 fully saturated rings.